The van der Waals surface area contributed by atoms with Crippen molar-refractivity contribution in [1.29, 1.82) is 0 Å². The molecule has 0 saturated heterocycles. The third-order valence-corrected chi connectivity index (χ3v) is 5.96. The molecule has 198 valence electrons. The van der Waals surface area contributed by atoms with Crippen molar-refractivity contribution in [3.8, 4) is 17.2 Å². The Hall–Kier alpha value is -4.86. The lowest BCUT2D eigenvalue weighted by molar-refractivity contribution is -0.0498. The Kier molecular flexibility index (Phi) is 7.44. The molecule has 0 saturated carbocycles. The van der Waals surface area contributed by atoms with Gasteiger partial charge in [-0.15, -0.1) is 0 Å². The second kappa shape index (κ2) is 11.3. The molecule has 39 heavy (non-hydrogen) atoms. The summed E-state index contributed by atoms with van der Waals surface area (Å²) in [4.78, 5) is 13.0. The normalized spacial score (nSPS) is 14.7. The van der Waals surface area contributed by atoms with Gasteiger partial charge in [0.15, 0.2) is 0 Å². The molecule has 0 aromatic heterocycles. The SMILES string of the molecule is O=C(Nc1ccc(Oc2ccc(OC(F)F)cc2)cc1)N1CC(c2ccc(F)cc2)C(c2ccccc2F)=N1. The van der Waals surface area contributed by atoms with Gasteiger partial charge in [0.25, 0.3) is 0 Å². The van der Waals surface area contributed by atoms with E-state index >= 15 is 0 Å². The topological polar surface area (TPSA) is 63.2 Å². The van der Waals surface area contributed by atoms with Crippen molar-refractivity contribution in [2.75, 3.05) is 11.9 Å². The van der Waals surface area contributed by atoms with E-state index in [0.29, 0.717) is 28.5 Å². The molecule has 4 aromatic carbocycles. The highest BCUT2D eigenvalue weighted by Gasteiger charge is 2.33. The summed E-state index contributed by atoms with van der Waals surface area (Å²) in [6.45, 7) is -2.78. The molecule has 0 bridgehead atoms. The first-order valence-corrected chi connectivity index (χ1v) is 11.9. The summed E-state index contributed by atoms with van der Waals surface area (Å²) in [5.74, 6) is -0.458. The van der Waals surface area contributed by atoms with Crippen molar-refractivity contribution in [3.63, 3.8) is 0 Å². The fraction of sp³-hybridized carbons (Fsp3) is 0.103. The van der Waals surface area contributed by atoms with E-state index in [1.807, 2.05) is 0 Å². The van der Waals surface area contributed by atoms with E-state index in [1.165, 1.54) is 47.5 Å². The maximum Gasteiger partial charge on any atom is 0.387 e. The number of carbonyl (C=O) groups excluding carboxylic acids is 1. The molecule has 0 aliphatic carbocycles. The second-order valence-electron chi connectivity index (χ2n) is 8.56. The van der Waals surface area contributed by atoms with Crippen LogP contribution in [0.5, 0.6) is 17.2 Å². The molecule has 6 nitrogen and oxygen atoms in total. The van der Waals surface area contributed by atoms with Gasteiger partial charge in [-0.05, 0) is 72.3 Å². The fourth-order valence-corrected chi connectivity index (χ4v) is 4.12. The Balaban J connectivity index is 1.28. The van der Waals surface area contributed by atoms with E-state index in [2.05, 4.69) is 15.2 Å². The minimum absolute atomic E-state index is 0.0137. The number of nitrogens with zero attached hydrogens (tertiary/aromatic N) is 2. The van der Waals surface area contributed by atoms with Crippen LogP contribution in [0.4, 0.5) is 28.0 Å². The number of hydrogen-bond acceptors (Lipinski definition) is 4. The van der Waals surface area contributed by atoms with Crippen LogP contribution in [0, 0.1) is 11.6 Å². The molecule has 10 heteroatoms. The van der Waals surface area contributed by atoms with Gasteiger partial charge in [-0.1, -0.05) is 30.3 Å². The first-order chi connectivity index (χ1) is 18.9. The standard InChI is InChI=1S/C29H21F4N3O3/c30-19-7-5-18(6-8-19)25-17-36(35-27(25)24-3-1-2-4-26(24)31)29(37)34-20-9-11-21(12-10-20)38-22-13-15-23(16-14-22)39-28(32)33/h1-16,25,28H,17H2,(H,34,37). The number of anilines is 1. The number of nitrogens with one attached hydrogen (secondary N) is 1. The van der Waals surface area contributed by atoms with Crippen LogP contribution in [0.2, 0.25) is 0 Å². The predicted molar refractivity (Wildman–Crippen MR) is 137 cm³/mol. The van der Waals surface area contributed by atoms with Crippen molar-refractivity contribution in [3.05, 3.63) is 120 Å². The van der Waals surface area contributed by atoms with Gasteiger partial charge < -0.3 is 14.8 Å². The summed E-state index contributed by atoms with van der Waals surface area (Å²) in [7, 11) is 0. The zero-order valence-corrected chi connectivity index (χ0v) is 20.2. The number of hydrazone groups is 1. The van der Waals surface area contributed by atoms with Gasteiger partial charge in [-0.2, -0.15) is 13.9 Å². The molecule has 1 unspecified atom stereocenters. The van der Waals surface area contributed by atoms with Gasteiger partial charge in [-0.25, -0.2) is 18.6 Å². The van der Waals surface area contributed by atoms with Gasteiger partial charge in [0.1, 0.15) is 28.9 Å². The first kappa shape index (κ1) is 25.8. The lowest BCUT2D eigenvalue weighted by Gasteiger charge is -2.16. The molecular formula is C29H21F4N3O3. The number of carbonyl (C=O) groups is 1. The zero-order valence-electron chi connectivity index (χ0n) is 20.2. The average molecular weight is 535 g/mol. The Morgan fingerprint density at radius 2 is 1.46 bits per heavy atom. The number of urea groups is 1. The van der Waals surface area contributed by atoms with Crippen molar-refractivity contribution in [2.45, 2.75) is 12.5 Å². The van der Waals surface area contributed by atoms with Crippen molar-refractivity contribution < 1.29 is 31.8 Å². The molecule has 0 fully saturated rings. The Bertz CT molecular complexity index is 1480. The lowest BCUT2D eigenvalue weighted by Crippen LogP contribution is -2.30. The number of benzene rings is 4. The zero-order chi connectivity index (χ0) is 27.4. The van der Waals surface area contributed by atoms with Crippen LogP contribution in [-0.4, -0.2) is 29.9 Å². The van der Waals surface area contributed by atoms with Gasteiger partial charge in [0.05, 0.1) is 12.3 Å². The third-order valence-electron chi connectivity index (χ3n) is 5.96. The second-order valence-corrected chi connectivity index (χ2v) is 8.56. The van der Waals surface area contributed by atoms with Gasteiger partial charge in [-0.3, -0.25) is 0 Å². The predicted octanol–water partition coefficient (Wildman–Crippen LogP) is 7.39. The van der Waals surface area contributed by atoms with Crippen LogP contribution < -0.4 is 14.8 Å². The summed E-state index contributed by atoms with van der Waals surface area (Å²) in [5.41, 5.74) is 1.78. The molecule has 1 N–H and O–H groups in total. The Morgan fingerprint density at radius 1 is 0.846 bits per heavy atom. The van der Waals surface area contributed by atoms with E-state index in [-0.39, 0.29) is 17.9 Å². The molecule has 1 heterocycles. The maximum atomic E-state index is 14.6. The molecule has 2 amide bonds. The van der Waals surface area contributed by atoms with Gasteiger partial charge in [0, 0.05) is 17.2 Å². The van der Waals surface area contributed by atoms with E-state index < -0.39 is 30.2 Å². The van der Waals surface area contributed by atoms with Crippen LogP contribution in [0.25, 0.3) is 0 Å². The summed E-state index contributed by atoms with van der Waals surface area (Å²) in [5, 5.41) is 8.38. The van der Waals surface area contributed by atoms with Gasteiger partial charge in [0.2, 0.25) is 0 Å². The highest BCUT2D eigenvalue weighted by atomic mass is 19.3. The molecular weight excluding hydrogens is 514 g/mol. The molecule has 0 radical (unpaired) electrons. The van der Waals surface area contributed by atoms with Crippen LogP contribution in [-0.2, 0) is 0 Å². The van der Waals surface area contributed by atoms with E-state index in [0.717, 1.165) is 0 Å². The molecule has 0 spiro atoms. The minimum Gasteiger partial charge on any atom is -0.457 e. The van der Waals surface area contributed by atoms with Crippen LogP contribution in [0.1, 0.15) is 17.0 Å². The number of halogens is 4. The fourth-order valence-electron chi connectivity index (χ4n) is 4.12. The quantitative estimate of drug-likeness (QED) is 0.251. The molecule has 1 atom stereocenters. The smallest absolute Gasteiger partial charge is 0.387 e. The number of alkyl halides is 2. The number of hydrogen-bond donors (Lipinski definition) is 1. The molecule has 1 aliphatic rings. The first-order valence-electron chi connectivity index (χ1n) is 11.9. The number of amides is 2. The van der Waals surface area contributed by atoms with Crippen molar-refractivity contribution in [1.82, 2.24) is 5.01 Å². The summed E-state index contributed by atoms with van der Waals surface area (Å²) >= 11 is 0. The van der Waals surface area contributed by atoms with Crippen molar-refractivity contribution in [2.24, 2.45) is 5.10 Å². The monoisotopic (exact) mass is 535 g/mol. The van der Waals surface area contributed by atoms with Crippen LogP contribution in [0.15, 0.2) is 102 Å². The molecule has 1 aliphatic heterocycles. The largest absolute Gasteiger partial charge is 0.457 e. The van der Waals surface area contributed by atoms with Crippen LogP contribution in [0.3, 0.4) is 0 Å². The molecule has 5 rings (SSSR count). The lowest BCUT2D eigenvalue weighted by atomic mass is 9.90. The van der Waals surface area contributed by atoms with Crippen molar-refractivity contribution >= 4 is 17.4 Å². The number of ether oxygens (including phenoxy) is 2. The minimum atomic E-state index is -2.91. The average Bonchev–Trinajstić information content (AvgIpc) is 3.37. The highest BCUT2D eigenvalue weighted by Crippen LogP contribution is 2.31. The highest BCUT2D eigenvalue weighted by molar-refractivity contribution is 6.08. The Morgan fingerprint density at radius 3 is 2.10 bits per heavy atom. The Labute approximate surface area is 221 Å². The van der Waals surface area contributed by atoms with E-state index in [1.54, 1.807) is 54.6 Å². The third kappa shape index (κ3) is 6.18. The van der Waals surface area contributed by atoms with Gasteiger partial charge >= 0.3 is 12.6 Å². The molecule has 4 aromatic rings. The van der Waals surface area contributed by atoms with E-state index in [4.69, 9.17) is 4.74 Å². The number of rotatable bonds is 7. The van der Waals surface area contributed by atoms with E-state index in [9.17, 15) is 22.4 Å². The van der Waals surface area contributed by atoms with Crippen LogP contribution >= 0.6 is 0 Å². The maximum absolute atomic E-state index is 14.6. The summed E-state index contributed by atoms with van der Waals surface area (Å²) < 4.78 is 62.7. The summed E-state index contributed by atoms with van der Waals surface area (Å²) in [6.07, 6.45) is 0. The summed E-state index contributed by atoms with van der Waals surface area (Å²) in [6, 6.07) is 23.6.